The van der Waals surface area contributed by atoms with Gasteiger partial charge in [-0.2, -0.15) is 0 Å². The average molecular weight is 676 g/mol. The molecule has 2 amide bonds. The Morgan fingerprint density at radius 2 is 1.61 bits per heavy atom. The van der Waals surface area contributed by atoms with Crippen LogP contribution in [0, 0.1) is 34.1 Å². The zero-order chi connectivity index (χ0) is 34.3. The zero-order valence-corrected chi connectivity index (χ0v) is 27.8. The molecule has 46 heavy (non-hydrogen) atoms. The number of hydrogen-bond donors (Lipinski definition) is 1. The Hall–Kier alpha value is -4.29. The van der Waals surface area contributed by atoms with Gasteiger partial charge in [0.15, 0.2) is 5.69 Å². The predicted molar refractivity (Wildman–Crippen MR) is 177 cm³/mol. The summed E-state index contributed by atoms with van der Waals surface area (Å²) in [4.78, 5) is 59.5. The Labute approximate surface area is 276 Å². The van der Waals surface area contributed by atoms with E-state index >= 15 is 0 Å². The molecule has 1 N–H and O–H groups in total. The van der Waals surface area contributed by atoms with Crippen LogP contribution in [0.25, 0.3) is 6.08 Å². The number of hydrogen-bond acceptors (Lipinski definition) is 9. The third kappa shape index (κ3) is 7.91. The van der Waals surface area contributed by atoms with E-state index in [1.165, 1.54) is 17.0 Å². The van der Waals surface area contributed by atoms with Crippen molar-refractivity contribution in [2.75, 3.05) is 16.8 Å². The Bertz CT molecular complexity index is 1600. The first-order valence-corrected chi connectivity index (χ1v) is 15.7. The van der Waals surface area contributed by atoms with Crippen molar-refractivity contribution in [2.45, 2.75) is 79.2 Å². The molecular formula is C32H36Cl2N4O8. The highest BCUT2D eigenvalue weighted by molar-refractivity contribution is 6.43. The molecule has 1 heterocycles. The molecule has 246 valence electrons. The van der Waals surface area contributed by atoms with Gasteiger partial charge in [-0.25, -0.2) is 9.69 Å². The molecule has 0 spiro atoms. The van der Waals surface area contributed by atoms with Crippen LogP contribution >= 0.6 is 23.2 Å². The van der Waals surface area contributed by atoms with Gasteiger partial charge >= 0.3 is 11.7 Å². The van der Waals surface area contributed by atoms with Gasteiger partial charge in [0.2, 0.25) is 0 Å². The molecule has 14 heteroatoms. The van der Waals surface area contributed by atoms with Crippen molar-refractivity contribution in [3.8, 4) is 0 Å². The standard InChI is InChI=1S/C19H17Cl2NO4.C13H19N3O4/c1-2-26-19(25)16(21)10-11-9-12(7-8-15(11)20)22-17(23)13-5-3-4-6-14(13)18(22)24;1-5-10(6-2)14-12-11(15(17)18)7-8(3)9(4)13(12)16(19)20/h7-10H,2-6H2,1H3;7,10,14H,5-6H2,1-4H3/b16-10-;. The molecule has 2 aromatic rings. The number of carbonyl (C=O) groups excluding carboxylic acids is 3. The lowest BCUT2D eigenvalue weighted by molar-refractivity contribution is -0.392. The van der Waals surface area contributed by atoms with E-state index in [-0.39, 0.29) is 46.6 Å². The maximum Gasteiger partial charge on any atom is 0.349 e. The smallest absolute Gasteiger partial charge is 0.349 e. The maximum atomic E-state index is 12.7. The third-order valence-corrected chi connectivity index (χ3v) is 8.49. The molecule has 0 unspecified atom stereocenters. The summed E-state index contributed by atoms with van der Waals surface area (Å²) in [5.41, 5.74) is 2.60. The second kappa shape index (κ2) is 15.8. The fraction of sp³-hybridized carbons (Fsp3) is 0.406. The lowest BCUT2D eigenvalue weighted by Crippen LogP contribution is -2.31. The summed E-state index contributed by atoms with van der Waals surface area (Å²) in [6, 6.07) is 6.09. The molecule has 0 saturated carbocycles. The molecule has 4 rings (SSSR count). The normalized spacial score (nSPS) is 14.6. The Morgan fingerprint density at radius 1 is 1.02 bits per heavy atom. The van der Waals surface area contributed by atoms with Gasteiger partial charge in [0.05, 0.1) is 22.1 Å². The number of nitro benzene ring substituents is 2. The van der Waals surface area contributed by atoms with Gasteiger partial charge in [0.1, 0.15) is 5.03 Å². The minimum absolute atomic E-state index is 0.0109. The fourth-order valence-electron chi connectivity index (χ4n) is 5.24. The van der Waals surface area contributed by atoms with Gasteiger partial charge in [0, 0.05) is 33.8 Å². The first-order chi connectivity index (χ1) is 21.8. The molecular weight excluding hydrogens is 639 g/mol. The lowest BCUT2D eigenvalue weighted by Gasteiger charge is -2.17. The zero-order valence-electron chi connectivity index (χ0n) is 26.3. The van der Waals surface area contributed by atoms with E-state index in [0.717, 1.165) is 25.7 Å². The number of rotatable bonds is 10. The highest BCUT2D eigenvalue weighted by atomic mass is 35.5. The van der Waals surface area contributed by atoms with E-state index in [4.69, 9.17) is 27.9 Å². The predicted octanol–water partition coefficient (Wildman–Crippen LogP) is 7.95. The maximum absolute atomic E-state index is 12.7. The molecule has 0 aromatic heterocycles. The van der Waals surface area contributed by atoms with Crippen LogP contribution in [-0.2, 0) is 19.1 Å². The number of nitrogens with one attached hydrogen (secondary N) is 1. The second-order valence-corrected chi connectivity index (χ2v) is 11.6. The SMILES string of the molecule is CCC(CC)Nc1c([N+](=O)[O-])cc(C)c(C)c1[N+](=O)[O-].CCOC(=O)/C(Cl)=C/c1cc(N2C(=O)C3=C(CCCC3)C2=O)ccc1Cl. The van der Waals surface area contributed by atoms with Crippen molar-refractivity contribution in [1.82, 2.24) is 0 Å². The van der Waals surface area contributed by atoms with Crippen LogP contribution < -0.4 is 10.2 Å². The van der Waals surface area contributed by atoms with Crippen molar-refractivity contribution in [3.63, 3.8) is 0 Å². The number of halogens is 2. The Morgan fingerprint density at radius 3 is 2.11 bits per heavy atom. The fourth-order valence-corrected chi connectivity index (χ4v) is 5.59. The molecule has 1 aliphatic carbocycles. The molecule has 1 aliphatic heterocycles. The van der Waals surface area contributed by atoms with E-state index < -0.39 is 15.8 Å². The Kier molecular flexibility index (Phi) is 12.4. The molecule has 0 radical (unpaired) electrons. The number of anilines is 2. The number of nitrogens with zero attached hydrogens (tertiary/aromatic N) is 3. The van der Waals surface area contributed by atoms with E-state index in [0.29, 0.717) is 51.4 Å². The second-order valence-electron chi connectivity index (χ2n) is 10.8. The van der Waals surface area contributed by atoms with Crippen molar-refractivity contribution >= 4 is 69.8 Å². The minimum atomic E-state index is -0.666. The van der Waals surface area contributed by atoms with Crippen molar-refractivity contribution < 1.29 is 29.0 Å². The van der Waals surface area contributed by atoms with Crippen LogP contribution in [0.2, 0.25) is 5.02 Å². The highest BCUT2D eigenvalue weighted by Gasteiger charge is 2.39. The van der Waals surface area contributed by atoms with Gasteiger partial charge < -0.3 is 10.1 Å². The van der Waals surface area contributed by atoms with E-state index in [2.05, 4.69) is 5.32 Å². The molecule has 12 nitrogen and oxygen atoms in total. The van der Waals surface area contributed by atoms with Crippen molar-refractivity contribution in [3.05, 3.63) is 82.4 Å². The van der Waals surface area contributed by atoms with Crippen molar-refractivity contribution in [2.24, 2.45) is 0 Å². The lowest BCUT2D eigenvalue weighted by atomic mass is 9.93. The summed E-state index contributed by atoms with van der Waals surface area (Å²) in [7, 11) is 0. The quantitative estimate of drug-likeness (QED) is 0.0866. The highest BCUT2D eigenvalue weighted by Crippen LogP contribution is 2.40. The van der Waals surface area contributed by atoms with Gasteiger partial charge in [-0.05, 0) is 94.7 Å². The largest absolute Gasteiger partial charge is 0.462 e. The molecule has 0 atom stereocenters. The van der Waals surface area contributed by atoms with Crippen LogP contribution in [0.1, 0.15) is 76.0 Å². The van der Waals surface area contributed by atoms with Crippen LogP contribution in [0.5, 0.6) is 0 Å². The van der Waals surface area contributed by atoms with Gasteiger partial charge in [-0.3, -0.25) is 29.8 Å². The molecule has 0 saturated heterocycles. The number of aryl methyl sites for hydroxylation is 1. The number of nitro groups is 2. The van der Waals surface area contributed by atoms with E-state index in [1.807, 2.05) is 13.8 Å². The molecule has 0 fully saturated rings. The number of esters is 1. The van der Waals surface area contributed by atoms with E-state index in [1.54, 1.807) is 39.0 Å². The Balaban J connectivity index is 0.000000260. The van der Waals surface area contributed by atoms with Gasteiger partial charge in [0.25, 0.3) is 17.5 Å². The summed E-state index contributed by atoms with van der Waals surface area (Å²) in [6.45, 7) is 8.98. The summed E-state index contributed by atoms with van der Waals surface area (Å²) >= 11 is 12.1. The topological polar surface area (TPSA) is 162 Å². The number of imide groups is 1. The minimum Gasteiger partial charge on any atom is -0.462 e. The molecule has 0 bridgehead atoms. The third-order valence-electron chi connectivity index (χ3n) is 7.89. The summed E-state index contributed by atoms with van der Waals surface area (Å²) in [5.74, 6) is -1.22. The van der Waals surface area contributed by atoms with E-state index in [9.17, 15) is 34.6 Å². The van der Waals surface area contributed by atoms with Crippen LogP contribution in [-0.4, -0.2) is 40.3 Å². The number of amides is 2. The average Bonchev–Trinajstić information content (AvgIpc) is 3.27. The van der Waals surface area contributed by atoms with Gasteiger partial charge in [-0.15, -0.1) is 0 Å². The number of ether oxygens (including phenoxy) is 1. The van der Waals surface area contributed by atoms with Crippen LogP contribution in [0.3, 0.4) is 0 Å². The molecule has 2 aromatic carbocycles. The van der Waals surface area contributed by atoms with Crippen LogP contribution in [0.15, 0.2) is 40.4 Å². The number of carbonyl (C=O) groups is 3. The van der Waals surface area contributed by atoms with Crippen LogP contribution in [0.4, 0.5) is 22.7 Å². The molecule has 2 aliphatic rings. The summed E-state index contributed by atoms with van der Waals surface area (Å²) < 4.78 is 4.84. The number of benzene rings is 2. The first-order valence-electron chi connectivity index (χ1n) is 14.9. The summed E-state index contributed by atoms with van der Waals surface area (Å²) in [6.07, 6.45) is 5.92. The monoisotopic (exact) mass is 674 g/mol. The van der Waals surface area contributed by atoms with Crippen molar-refractivity contribution in [1.29, 1.82) is 0 Å². The first kappa shape index (κ1) is 36.2. The van der Waals surface area contributed by atoms with Gasteiger partial charge in [-0.1, -0.05) is 37.0 Å². The summed E-state index contributed by atoms with van der Waals surface area (Å²) in [5, 5.41) is 25.6.